The predicted octanol–water partition coefficient (Wildman–Crippen LogP) is 2.97. The standard InChI is InChI=1S/C20H17N5O/c21-19(26)7-6-15-9-22-20-18(15)8-16(10-23-20)17-11-24-25(13-17)12-14-4-2-1-3-5-14/h1-11,13H,12H2,(H2,21,26)(H,22,23). The zero-order chi connectivity index (χ0) is 17.9. The van der Waals surface area contributed by atoms with Crippen molar-refractivity contribution in [3.63, 3.8) is 0 Å². The Morgan fingerprint density at radius 3 is 2.85 bits per heavy atom. The minimum atomic E-state index is -0.481. The van der Waals surface area contributed by atoms with E-state index in [-0.39, 0.29) is 0 Å². The largest absolute Gasteiger partial charge is 0.366 e. The van der Waals surface area contributed by atoms with E-state index < -0.39 is 5.91 Å². The van der Waals surface area contributed by atoms with Crippen LogP contribution >= 0.6 is 0 Å². The number of benzene rings is 1. The molecule has 6 heteroatoms. The Morgan fingerprint density at radius 1 is 1.19 bits per heavy atom. The number of aromatic nitrogens is 4. The van der Waals surface area contributed by atoms with E-state index >= 15 is 0 Å². The normalized spacial score (nSPS) is 11.4. The van der Waals surface area contributed by atoms with Crippen LogP contribution in [-0.4, -0.2) is 25.7 Å². The summed E-state index contributed by atoms with van der Waals surface area (Å²) in [5, 5.41) is 5.37. The molecule has 0 radical (unpaired) electrons. The maximum absolute atomic E-state index is 11.0. The third-order valence-corrected chi connectivity index (χ3v) is 4.14. The highest BCUT2D eigenvalue weighted by Gasteiger charge is 2.08. The highest BCUT2D eigenvalue weighted by atomic mass is 16.1. The molecule has 0 unspecified atom stereocenters. The van der Waals surface area contributed by atoms with Gasteiger partial charge in [0.2, 0.25) is 5.91 Å². The Balaban J connectivity index is 1.64. The number of amides is 1. The van der Waals surface area contributed by atoms with Gasteiger partial charge in [-0.1, -0.05) is 30.3 Å². The van der Waals surface area contributed by atoms with Crippen molar-refractivity contribution in [3.05, 3.63) is 78.4 Å². The minimum Gasteiger partial charge on any atom is -0.366 e. The fourth-order valence-electron chi connectivity index (χ4n) is 2.86. The number of H-pyrrole nitrogens is 1. The van der Waals surface area contributed by atoms with Crippen molar-refractivity contribution in [3.8, 4) is 11.1 Å². The van der Waals surface area contributed by atoms with Gasteiger partial charge in [-0.3, -0.25) is 9.48 Å². The van der Waals surface area contributed by atoms with Crippen molar-refractivity contribution in [1.29, 1.82) is 0 Å². The van der Waals surface area contributed by atoms with Crippen LogP contribution in [0.3, 0.4) is 0 Å². The second kappa shape index (κ2) is 6.68. The van der Waals surface area contributed by atoms with Crippen molar-refractivity contribution in [1.82, 2.24) is 19.7 Å². The molecule has 3 aromatic heterocycles. The fourth-order valence-corrected chi connectivity index (χ4v) is 2.86. The van der Waals surface area contributed by atoms with E-state index in [0.29, 0.717) is 6.54 Å². The van der Waals surface area contributed by atoms with Gasteiger partial charge in [-0.25, -0.2) is 4.98 Å². The van der Waals surface area contributed by atoms with E-state index in [1.54, 1.807) is 12.3 Å². The molecule has 6 nitrogen and oxygen atoms in total. The highest BCUT2D eigenvalue weighted by Crippen LogP contribution is 2.25. The Hall–Kier alpha value is -3.67. The second-order valence-electron chi connectivity index (χ2n) is 6.01. The Labute approximate surface area is 150 Å². The monoisotopic (exact) mass is 343 g/mol. The Kier molecular flexibility index (Phi) is 4.07. The SMILES string of the molecule is NC(=O)C=Cc1c[nH]c2ncc(-c3cnn(Cc4ccccc4)c3)cc12. The number of carbonyl (C=O) groups is 1. The van der Waals surface area contributed by atoms with E-state index in [1.165, 1.54) is 11.6 Å². The first-order valence-corrected chi connectivity index (χ1v) is 8.20. The summed E-state index contributed by atoms with van der Waals surface area (Å²) in [6, 6.07) is 12.2. The predicted molar refractivity (Wildman–Crippen MR) is 101 cm³/mol. The molecular formula is C20H17N5O. The maximum atomic E-state index is 11.0. The molecule has 0 saturated heterocycles. The molecule has 0 saturated carbocycles. The first-order valence-electron chi connectivity index (χ1n) is 8.20. The Morgan fingerprint density at radius 2 is 2.04 bits per heavy atom. The van der Waals surface area contributed by atoms with Crippen molar-refractivity contribution in [2.45, 2.75) is 6.54 Å². The lowest BCUT2D eigenvalue weighted by Crippen LogP contribution is -2.04. The molecular weight excluding hydrogens is 326 g/mol. The summed E-state index contributed by atoms with van der Waals surface area (Å²) >= 11 is 0. The number of aromatic amines is 1. The van der Waals surface area contributed by atoms with Gasteiger partial charge in [0.1, 0.15) is 5.65 Å². The second-order valence-corrected chi connectivity index (χ2v) is 6.01. The lowest BCUT2D eigenvalue weighted by molar-refractivity contribution is -0.113. The van der Waals surface area contributed by atoms with Gasteiger partial charge in [-0.15, -0.1) is 0 Å². The number of nitrogens with one attached hydrogen (secondary N) is 1. The number of rotatable bonds is 5. The number of fused-ring (bicyclic) bond motifs is 1. The molecule has 0 aliphatic heterocycles. The van der Waals surface area contributed by atoms with Gasteiger partial charge in [0.05, 0.1) is 12.7 Å². The maximum Gasteiger partial charge on any atom is 0.241 e. The molecule has 1 aromatic carbocycles. The number of hydrogen-bond acceptors (Lipinski definition) is 3. The smallest absolute Gasteiger partial charge is 0.241 e. The van der Waals surface area contributed by atoms with E-state index in [9.17, 15) is 4.79 Å². The molecule has 4 rings (SSSR count). The fraction of sp³-hybridized carbons (Fsp3) is 0.0500. The molecule has 0 aliphatic rings. The molecule has 26 heavy (non-hydrogen) atoms. The molecule has 3 N–H and O–H groups in total. The van der Waals surface area contributed by atoms with Gasteiger partial charge in [0.15, 0.2) is 0 Å². The number of pyridine rings is 1. The van der Waals surface area contributed by atoms with Gasteiger partial charge in [0, 0.05) is 46.7 Å². The van der Waals surface area contributed by atoms with Crippen molar-refractivity contribution >= 4 is 23.0 Å². The van der Waals surface area contributed by atoms with Crippen LogP contribution < -0.4 is 5.73 Å². The summed E-state index contributed by atoms with van der Waals surface area (Å²) in [6.45, 7) is 0.716. The van der Waals surface area contributed by atoms with Crippen molar-refractivity contribution in [2.24, 2.45) is 5.73 Å². The first-order chi connectivity index (χ1) is 12.7. The van der Waals surface area contributed by atoms with E-state index in [2.05, 4.69) is 27.2 Å². The Bertz CT molecular complexity index is 1090. The minimum absolute atomic E-state index is 0.481. The molecule has 0 bridgehead atoms. The number of primary amides is 1. The summed E-state index contributed by atoms with van der Waals surface area (Å²) in [6.07, 6.45) is 10.5. The van der Waals surface area contributed by atoms with Crippen molar-refractivity contribution < 1.29 is 4.79 Å². The molecule has 0 aliphatic carbocycles. The summed E-state index contributed by atoms with van der Waals surface area (Å²) in [7, 11) is 0. The van der Waals surface area contributed by atoms with Gasteiger partial charge in [-0.2, -0.15) is 5.10 Å². The third-order valence-electron chi connectivity index (χ3n) is 4.14. The molecule has 0 fully saturated rings. The van der Waals surface area contributed by atoms with Crippen LogP contribution in [0.1, 0.15) is 11.1 Å². The lowest BCUT2D eigenvalue weighted by Gasteiger charge is -2.01. The van der Waals surface area contributed by atoms with Gasteiger partial charge < -0.3 is 10.7 Å². The van der Waals surface area contributed by atoms with Crippen LogP contribution in [-0.2, 0) is 11.3 Å². The first kappa shape index (κ1) is 15.8. The van der Waals surface area contributed by atoms with Crippen LogP contribution in [0.2, 0.25) is 0 Å². The average molecular weight is 343 g/mol. The molecule has 3 heterocycles. The van der Waals surface area contributed by atoms with Crippen molar-refractivity contribution in [2.75, 3.05) is 0 Å². The molecule has 128 valence electrons. The summed E-state index contributed by atoms with van der Waals surface area (Å²) in [4.78, 5) is 18.5. The molecule has 1 amide bonds. The topological polar surface area (TPSA) is 89.6 Å². The highest BCUT2D eigenvalue weighted by molar-refractivity contribution is 5.95. The van der Waals surface area contributed by atoms with Crippen LogP contribution in [0.15, 0.2) is 67.3 Å². The summed E-state index contributed by atoms with van der Waals surface area (Å²) in [5.41, 5.74) is 9.95. The third kappa shape index (κ3) is 3.25. The van der Waals surface area contributed by atoms with E-state index in [4.69, 9.17) is 5.73 Å². The van der Waals surface area contributed by atoms with Crippen LogP contribution in [0.4, 0.5) is 0 Å². The molecule has 0 spiro atoms. The molecule has 0 atom stereocenters. The zero-order valence-electron chi connectivity index (χ0n) is 14.0. The average Bonchev–Trinajstić information content (AvgIpc) is 3.27. The zero-order valence-corrected chi connectivity index (χ0v) is 14.0. The van der Waals surface area contributed by atoms with E-state index in [0.717, 1.165) is 27.7 Å². The number of nitrogens with zero attached hydrogens (tertiary/aromatic N) is 3. The van der Waals surface area contributed by atoms with Crippen LogP contribution in [0.5, 0.6) is 0 Å². The number of carbonyl (C=O) groups excluding carboxylic acids is 1. The summed E-state index contributed by atoms with van der Waals surface area (Å²) < 4.78 is 1.90. The van der Waals surface area contributed by atoms with Crippen LogP contribution in [0.25, 0.3) is 28.2 Å². The quantitative estimate of drug-likeness (QED) is 0.546. The molecule has 4 aromatic rings. The number of nitrogens with two attached hydrogens (primary N) is 1. The van der Waals surface area contributed by atoms with E-state index in [1.807, 2.05) is 47.5 Å². The summed E-state index contributed by atoms with van der Waals surface area (Å²) in [5.74, 6) is -0.481. The number of hydrogen-bond donors (Lipinski definition) is 2. The van der Waals surface area contributed by atoms with Crippen LogP contribution in [0, 0.1) is 0 Å². The van der Waals surface area contributed by atoms with Gasteiger partial charge >= 0.3 is 0 Å². The van der Waals surface area contributed by atoms with Gasteiger partial charge in [-0.05, 0) is 17.7 Å². The van der Waals surface area contributed by atoms with Gasteiger partial charge in [0.25, 0.3) is 0 Å². The lowest BCUT2D eigenvalue weighted by atomic mass is 10.1.